The van der Waals surface area contributed by atoms with Crippen molar-refractivity contribution in [1.82, 2.24) is 20.3 Å². The number of hydrogen-bond acceptors (Lipinski definition) is 5. The zero-order valence-electron chi connectivity index (χ0n) is 14.4. The molecule has 2 aromatic heterocycles. The molecule has 1 aromatic carbocycles. The van der Waals surface area contributed by atoms with Gasteiger partial charge in [0, 0.05) is 42.7 Å². The van der Waals surface area contributed by atoms with Crippen molar-refractivity contribution in [1.29, 1.82) is 0 Å². The molecule has 6 heteroatoms. The molecule has 1 atom stereocenters. The van der Waals surface area contributed by atoms with Crippen LogP contribution in [-0.2, 0) is 11.3 Å². The van der Waals surface area contributed by atoms with Crippen molar-refractivity contribution in [3.8, 4) is 0 Å². The van der Waals surface area contributed by atoms with Crippen molar-refractivity contribution in [2.24, 2.45) is 0 Å². The van der Waals surface area contributed by atoms with Gasteiger partial charge in [-0.25, -0.2) is 9.97 Å². The Morgan fingerprint density at radius 1 is 1.12 bits per heavy atom. The number of nitrogens with zero attached hydrogens (tertiary/aromatic N) is 3. The molecule has 3 heterocycles. The van der Waals surface area contributed by atoms with Crippen LogP contribution in [0.15, 0.2) is 48.9 Å². The summed E-state index contributed by atoms with van der Waals surface area (Å²) in [6.07, 6.45) is 8.30. The van der Waals surface area contributed by atoms with E-state index in [1.807, 2.05) is 30.3 Å². The lowest BCUT2D eigenvalue weighted by atomic mass is 10.1. The number of amides is 1. The molecule has 26 heavy (non-hydrogen) atoms. The summed E-state index contributed by atoms with van der Waals surface area (Å²) in [4.78, 5) is 25.5. The van der Waals surface area contributed by atoms with Crippen LogP contribution in [-0.4, -0.2) is 27.5 Å². The second kappa shape index (κ2) is 7.58. The van der Waals surface area contributed by atoms with Crippen LogP contribution in [0, 0.1) is 0 Å². The highest BCUT2D eigenvalue weighted by Gasteiger charge is 2.18. The summed E-state index contributed by atoms with van der Waals surface area (Å²) < 4.78 is 5.69. The molecule has 3 aromatic rings. The number of nitrogens with one attached hydrogen (secondary N) is 1. The molecule has 1 aliphatic heterocycles. The van der Waals surface area contributed by atoms with Crippen LogP contribution in [0.3, 0.4) is 0 Å². The van der Waals surface area contributed by atoms with E-state index < -0.39 is 0 Å². The smallest absolute Gasteiger partial charge is 0.253 e. The van der Waals surface area contributed by atoms with Gasteiger partial charge in [-0.2, -0.15) is 0 Å². The molecule has 1 N–H and O–H groups in total. The number of benzene rings is 1. The fourth-order valence-electron chi connectivity index (χ4n) is 3.05. The fraction of sp³-hybridized carbons (Fsp3) is 0.300. The monoisotopic (exact) mass is 348 g/mol. The molecule has 0 saturated carbocycles. The first-order valence-electron chi connectivity index (χ1n) is 8.85. The Balaban J connectivity index is 1.38. The maximum absolute atomic E-state index is 12.4. The number of carbonyl (C=O) groups excluding carboxylic acids is 1. The maximum Gasteiger partial charge on any atom is 0.253 e. The largest absolute Gasteiger partial charge is 0.370 e. The van der Waals surface area contributed by atoms with Crippen LogP contribution in [0.1, 0.15) is 47.1 Å². The minimum Gasteiger partial charge on any atom is -0.370 e. The van der Waals surface area contributed by atoms with Gasteiger partial charge in [-0.05, 0) is 31.4 Å². The van der Waals surface area contributed by atoms with Gasteiger partial charge in [-0.15, -0.1) is 0 Å². The van der Waals surface area contributed by atoms with Crippen LogP contribution in [0.4, 0.5) is 0 Å². The second-order valence-corrected chi connectivity index (χ2v) is 6.40. The minimum atomic E-state index is -0.164. The van der Waals surface area contributed by atoms with Crippen molar-refractivity contribution in [3.05, 3.63) is 65.9 Å². The number of ether oxygens (including phenoxy) is 1. The van der Waals surface area contributed by atoms with Crippen LogP contribution >= 0.6 is 0 Å². The molecule has 1 saturated heterocycles. The zero-order valence-corrected chi connectivity index (χ0v) is 14.4. The molecule has 132 valence electrons. The Hall–Kier alpha value is -2.86. The van der Waals surface area contributed by atoms with Crippen LogP contribution in [0.2, 0.25) is 0 Å². The summed E-state index contributed by atoms with van der Waals surface area (Å²) in [6.45, 7) is 1.14. The first-order chi connectivity index (χ1) is 12.8. The SMILES string of the molecule is O=C(NCc1cnc([C@H]2CCCCO2)nc1)c1cnc2ccccc2c1. The van der Waals surface area contributed by atoms with E-state index in [-0.39, 0.29) is 12.0 Å². The average molecular weight is 348 g/mol. The number of para-hydroxylation sites is 1. The number of hydrogen-bond donors (Lipinski definition) is 1. The number of pyridine rings is 1. The Bertz CT molecular complexity index is 905. The lowest BCUT2D eigenvalue weighted by molar-refractivity contribution is 0.00940. The Morgan fingerprint density at radius 2 is 1.96 bits per heavy atom. The molecule has 0 unspecified atom stereocenters. The van der Waals surface area contributed by atoms with Crippen molar-refractivity contribution < 1.29 is 9.53 Å². The number of rotatable bonds is 4. The summed E-state index contributed by atoms with van der Waals surface area (Å²) in [5.74, 6) is 0.557. The number of carbonyl (C=O) groups is 1. The molecule has 1 aliphatic rings. The summed E-state index contributed by atoms with van der Waals surface area (Å²) in [5.41, 5.74) is 2.27. The topological polar surface area (TPSA) is 77.0 Å². The van der Waals surface area contributed by atoms with Crippen molar-refractivity contribution in [3.63, 3.8) is 0 Å². The van der Waals surface area contributed by atoms with Crippen LogP contribution < -0.4 is 5.32 Å². The number of fused-ring (bicyclic) bond motifs is 1. The first-order valence-corrected chi connectivity index (χ1v) is 8.85. The van der Waals surface area contributed by atoms with Gasteiger partial charge in [0.25, 0.3) is 5.91 Å². The molecular formula is C20H20N4O2. The highest BCUT2D eigenvalue weighted by Crippen LogP contribution is 2.24. The lowest BCUT2D eigenvalue weighted by Gasteiger charge is -2.21. The van der Waals surface area contributed by atoms with Gasteiger partial charge in [-0.1, -0.05) is 18.2 Å². The van der Waals surface area contributed by atoms with E-state index in [9.17, 15) is 4.79 Å². The van der Waals surface area contributed by atoms with Crippen molar-refractivity contribution >= 4 is 16.8 Å². The summed E-state index contributed by atoms with van der Waals surface area (Å²) >= 11 is 0. The van der Waals surface area contributed by atoms with Crippen molar-refractivity contribution in [2.45, 2.75) is 31.9 Å². The summed E-state index contributed by atoms with van der Waals surface area (Å²) in [5, 5.41) is 3.83. The fourth-order valence-corrected chi connectivity index (χ4v) is 3.05. The Kier molecular flexibility index (Phi) is 4.84. The predicted molar refractivity (Wildman–Crippen MR) is 97.5 cm³/mol. The van der Waals surface area contributed by atoms with E-state index >= 15 is 0 Å². The van der Waals surface area contributed by atoms with E-state index in [1.165, 1.54) is 0 Å². The van der Waals surface area contributed by atoms with E-state index in [2.05, 4.69) is 20.3 Å². The van der Waals surface area contributed by atoms with Gasteiger partial charge in [0.1, 0.15) is 6.10 Å². The quantitative estimate of drug-likeness (QED) is 0.783. The molecule has 6 nitrogen and oxygen atoms in total. The third kappa shape index (κ3) is 3.70. The maximum atomic E-state index is 12.4. The predicted octanol–water partition coefficient (Wildman–Crippen LogP) is 3.20. The highest BCUT2D eigenvalue weighted by atomic mass is 16.5. The Morgan fingerprint density at radius 3 is 2.77 bits per heavy atom. The summed E-state index contributed by atoms with van der Waals surface area (Å²) in [6, 6.07) is 9.57. The molecule has 1 amide bonds. The van der Waals surface area contributed by atoms with E-state index in [1.54, 1.807) is 18.6 Å². The van der Waals surface area contributed by atoms with Gasteiger partial charge in [-0.3, -0.25) is 9.78 Å². The zero-order chi connectivity index (χ0) is 17.8. The normalized spacial score (nSPS) is 17.2. The highest BCUT2D eigenvalue weighted by molar-refractivity contribution is 5.97. The average Bonchev–Trinajstić information content (AvgIpc) is 2.72. The van der Waals surface area contributed by atoms with Crippen LogP contribution in [0.5, 0.6) is 0 Å². The van der Waals surface area contributed by atoms with Gasteiger partial charge in [0.05, 0.1) is 11.1 Å². The van der Waals surface area contributed by atoms with Gasteiger partial charge in [0.15, 0.2) is 5.82 Å². The molecule has 0 spiro atoms. The van der Waals surface area contributed by atoms with Crippen molar-refractivity contribution in [2.75, 3.05) is 6.61 Å². The third-order valence-corrected chi connectivity index (χ3v) is 4.50. The van der Waals surface area contributed by atoms with Gasteiger partial charge >= 0.3 is 0 Å². The standard InChI is InChI=1S/C20H20N4O2/c25-20(16-9-15-5-1-2-6-17(15)21-13-16)24-12-14-10-22-19(23-11-14)18-7-3-4-8-26-18/h1-2,5-6,9-11,13,18H,3-4,7-8,12H2,(H,24,25)/t18-/m1/s1. The second-order valence-electron chi connectivity index (χ2n) is 6.40. The van der Waals surface area contributed by atoms with E-state index in [0.29, 0.717) is 12.1 Å². The minimum absolute atomic E-state index is 0.00364. The lowest BCUT2D eigenvalue weighted by Crippen LogP contribution is -2.23. The van der Waals surface area contributed by atoms with E-state index in [0.717, 1.165) is 48.2 Å². The van der Waals surface area contributed by atoms with Crippen LogP contribution in [0.25, 0.3) is 10.9 Å². The molecule has 0 bridgehead atoms. The third-order valence-electron chi connectivity index (χ3n) is 4.50. The Labute approximate surface area is 151 Å². The summed E-state index contributed by atoms with van der Waals surface area (Å²) in [7, 11) is 0. The number of aromatic nitrogens is 3. The van der Waals surface area contributed by atoms with Gasteiger partial charge < -0.3 is 10.1 Å². The molecule has 1 fully saturated rings. The van der Waals surface area contributed by atoms with Gasteiger partial charge in [0.2, 0.25) is 0 Å². The van der Waals surface area contributed by atoms with E-state index in [4.69, 9.17) is 4.74 Å². The molecular weight excluding hydrogens is 328 g/mol. The molecule has 4 rings (SSSR count). The molecule has 0 aliphatic carbocycles. The molecule has 0 radical (unpaired) electrons. The first kappa shape index (κ1) is 16.6.